The van der Waals surface area contributed by atoms with Crippen LogP contribution >= 0.6 is 0 Å². The number of benzene rings is 2. The Kier molecular flexibility index (Phi) is 6.56. The Morgan fingerprint density at radius 2 is 1.53 bits per heavy atom. The van der Waals surface area contributed by atoms with Gasteiger partial charge in [0.05, 0.1) is 4.90 Å². The largest absolute Gasteiger partial charge is 0.303 e. The summed E-state index contributed by atoms with van der Waals surface area (Å²) in [6, 6.07) is 13.1. The molecule has 4 rings (SSSR count). The summed E-state index contributed by atoms with van der Waals surface area (Å²) in [5.74, 6) is 1.10. The topological polar surface area (TPSA) is 40.6 Å². The van der Waals surface area contributed by atoms with E-state index < -0.39 is 10.0 Å². The van der Waals surface area contributed by atoms with Crippen LogP contribution in [0, 0.1) is 17.7 Å². The van der Waals surface area contributed by atoms with Crippen molar-refractivity contribution in [2.45, 2.75) is 37.5 Å². The van der Waals surface area contributed by atoms with Gasteiger partial charge in [-0.25, -0.2) is 12.8 Å². The summed E-state index contributed by atoms with van der Waals surface area (Å²) in [4.78, 5) is 2.84. The monoisotopic (exact) mass is 430 g/mol. The highest BCUT2D eigenvalue weighted by atomic mass is 32.2. The molecule has 2 aliphatic heterocycles. The van der Waals surface area contributed by atoms with Gasteiger partial charge in [-0.05, 0) is 74.4 Å². The van der Waals surface area contributed by atoms with E-state index in [-0.39, 0.29) is 10.7 Å². The van der Waals surface area contributed by atoms with Crippen molar-refractivity contribution in [2.75, 3.05) is 32.7 Å². The lowest BCUT2D eigenvalue weighted by Gasteiger charge is -2.36. The zero-order chi connectivity index (χ0) is 21.1. The summed E-state index contributed by atoms with van der Waals surface area (Å²) in [5.41, 5.74) is 1.16. The Labute approximate surface area is 179 Å². The molecular formula is C24H31FN2O2S. The van der Waals surface area contributed by atoms with Crippen LogP contribution in [0.5, 0.6) is 0 Å². The molecule has 2 aromatic carbocycles. The molecule has 0 aromatic heterocycles. The lowest BCUT2D eigenvalue weighted by atomic mass is 9.94. The lowest BCUT2D eigenvalue weighted by Crippen LogP contribution is -2.43. The first-order valence-electron chi connectivity index (χ1n) is 11.0. The van der Waals surface area contributed by atoms with Gasteiger partial charge >= 0.3 is 0 Å². The Morgan fingerprint density at radius 3 is 2.17 bits per heavy atom. The van der Waals surface area contributed by atoms with Crippen LogP contribution in [0.3, 0.4) is 0 Å². The van der Waals surface area contributed by atoms with Crippen LogP contribution in [0.4, 0.5) is 4.39 Å². The number of halogens is 1. The molecule has 0 atom stereocenters. The Balaban J connectivity index is 1.37. The smallest absolute Gasteiger partial charge is 0.243 e. The normalized spacial score (nSPS) is 20.5. The second-order valence-corrected chi connectivity index (χ2v) is 10.8. The van der Waals surface area contributed by atoms with Crippen molar-refractivity contribution >= 4 is 10.0 Å². The summed E-state index contributed by atoms with van der Waals surface area (Å²) in [6.45, 7) is 6.92. The quantitative estimate of drug-likeness (QED) is 0.695. The van der Waals surface area contributed by atoms with Crippen molar-refractivity contribution in [3.8, 4) is 11.1 Å². The average Bonchev–Trinajstić information content (AvgIpc) is 2.76. The van der Waals surface area contributed by atoms with Crippen molar-refractivity contribution in [1.82, 2.24) is 9.21 Å². The molecule has 4 nitrogen and oxygen atoms in total. The minimum atomic E-state index is -3.51. The van der Waals surface area contributed by atoms with Gasteiger partial charge in [0.25, 0.3) is 0 Å². The summed E-state index contributed by atoms with van der Waals surface area (Å²) in [7, 11) is -3.51. The van der Waals surface area contributed by atoms with Gasteiger partial charge in [0.15, 0.2) is 0 Å². The average molecular weight is 431 g/mol. The van der Waals surface area contributed by atoms with Crippen LogP contribution in [0.15, 0.2) is 53.4 Å². The molecule has 0 spiro atoms. The number of nitrogens with zero attached hydrogens (tertiary/aromatic N) is 2. The van der Waals surface area contributed by atoms with Gasteiger partial charge in [-0.3, -0.25) is 0 Å². The van der Waals surface area contributed by atoms with Gasteiger partial charge in [0.2, 0.25) is 10.0 Å². The fourth-order valence-corrected chi connectivity index (χ4v) is 6.06. The molecule has 2 fully saturated rings. The van der Waals surface area contributed by atoms with Gasteiger partial charge in [-0.1, -0.05) is 37.3 Å². The third-order valence-electron chi connectivity index (χ3n) is 6.64. The number of hydrogen-bond acceptors (Lipinski definition) is 3. The fourth-order valence-electron chi connectivity index (χ4n) is 4.59. The van der Waals surface area contributed by atoms with E-state index in [1.807, 2.05) is 0 Å². The molecule has 0 N–H and O–H groups in total. The predicted octanol–water partition coefficient (Wildman–Crippen LogP) is 4.63. The van der Waals surface area contributed by atoms with Gasteiger partial charge in [-0.2, -0.15) is 4.31 Å². The molecule has 0 aliphatic carbocycles. The molecule has 0 saturated carbocycles. The van der Waals surface area contributed by atoms with Gasteiger partial charge in [0.1, 0.15) is 5.82 Å². The number of rotatable bonds is 5. The van der Waals surface area contributed by atoms with Crippen molar-refractivity contribution < 1.29 is 12.8 Å². The highest BCUT2D eigenvalue weighted by molar-refractivity contribution is 7.89. The van der Waals surface area contributed by atoms with Crippen molar-refractivity contribution in [3.05, 3.63) is 54.3 Å². The zero-order valence-corrected chi connectivity index (χ0v) is 18.5. The maximum Gasteiger partial charge on any atom is 0.243 e. The minimum Gasteiger partial charge on any atom is -0.303 e. The predicted molar refractivity (Wildman–Crippen MR) is 118 cm³/mol. The number of sulfonamides is 1. The Morgan fingerprint density at radius 1 is 0.900 bits per heavy atom. The van der Waals surface area contributed by atoms with Crippen LogP contribution in [0.25, 0.3) is 11.1 Å². The highest BCUT2D eigenvalue weighted by Gasteiger charge is 2.30. The maximum absolute atomic E-state index is 14.0. The second kappa shape index (κ2) is 9.16. The maximum atomic E-state index is 14.0. The third kappa shape index (κ3) is 4.76. The van der Waals surface area contributed by atoms with E-state index >= 15 is 0 Å². The summed E-state index contributed by atoms with van der Waals surface area (Å²) in [5, 5.41) is 0. The van der Waals surface area contributed by atoms with E-state index in [1.54, 1.807) is 46.8 Å². The molecule has 0 bridgehead atoms. The third-order valence-corrected chi connectivity index (χ3v) is 8.56. The standard InChI is InChI=1S/C24H31FN2O2S/c1-19-10-14-26(15-11-19)18-20-12-16-27(17-13-20)30(28,29)22-8-6-21(7-9-22)23-4-2-3-5-24(23)25/h2-9,19-20H,10-18H2,1H3. The Hall–Kier alpha value is -1.76. The Bertz CT molecular complexity index is 945. The molecular weight excluding hydrogens is 399 g/mol. The van der Waals surface area contributed by atoms with Crippen molar-refractivity contribution in [3.63, 3.8) is 0 Å². The van der Waals surface area contributed by atoms with E-state index in [2.05, 4.69) is 11.8 Å². The second-order valence-electron chi connectivity index (χ2n) is 8.83. The lowest BCUT2D eigenvalue weighted by molar-refractivity contribution is 0.142. The summed E-state index contributed by atoms with van der Waals surface area (Å²) < 4.78 is 41.8. The molecule has 30 heavy (non-hydrogen) atoms. The van der Waals surface area contributed by atoms with E-state index in [1.165, 1.54) is 32.0 Å². The van der Waals surface area contributed by atoms with Crippen LogP contribution in [0.1, 0.15) is 32.6 Å². The minimum absolute atomic E-state index is 0.283. The van der Waals surface area contributed by atoms with Crippen LogP contribution < -0.4 is 0 Å². The number of piperidine rings is 2. The van der Waals surface area contributed by atoms with Crippen LogP contribution in [0.2, 0.25) is 0 Å². The van der Waals surface area contributed by atoms with Gasteiger partial charge in [0, 0.05) is 25.2 Å². The highest BCUT2D eigenvalue weighted by Crippen LogP contribution is 2.28. The summed E-state index contributed by atoms with van der Waals surface area (Å²) in [6.07, 6.45) is 4.38. The van der Waals surface area contributed by atoms with Gasteiger partial charge < -0.3 is 4.90 Å². The fraction of sp³-hybridized carbons (Fsp3) is 0.500. The summed E-state index contributed by atoms with van der Waals surface area (Å²) >= 11 is 0. The van der Waals surface area contributed by atoms with E-state index in [0.717, 1.165) is 25.3 Å². The van der Waals surface area contributed by atoms with E-state index in [4.69, 9.17) is 0 Å². The molecule has 2 saturated heterocycles. The first-order chi connectivity index (χ1) is 14.4. The molecule has 0 radical (unpaired) electrons. The number of likely N-dealkylation sites (tertiary alicyclic amines) is 1. The zero-order valence-electron chi connectivity index (χ0n) is 17.6. The van der Waals surface area contributed by atoms with E-state index in [9.17, 15) is 12.8 Å². The molecule has 162 valence electrons. The van der Waals surface area contributed by atoms with Crippen LogP contribution in [-0.4, -0.2) is 50.3 Å². The molecule has 0 unspecified atom stereocenters. The molecule has 0 amide bonds. The first kappa shape index (κ1) is 21.5. The first-order valence-corrected chi connectivity index (χ1v) is 12.4. The number of hydrogen-bond donors (Lipinski definition) is 0. The van der Waals surface area contributed by atoms with Crippen molar-refractivity contribution in [2.24, 2.45) is 11.8 Å². The van der Waals surface area contributed by atoms with Crippen molar-refractivity contribution in [1.29, 1.82) is 0 Å². The molecule has 6 heteroatoms. The van der Waals surface area contributed by atoms with E-state index in [0.29, 0.717) is 30.1 Å². The SMILES string of the molecule is CC1CCN(CC2CCN(S(=O)(=O)c3ccc(-c4ccccc4F)cc3)CC2)CC1. The van der Waals surface area contributed by atoms with Gasteiger partial charge in [-0.15, -0.1) is 0 Å². The molecule has 2 heterocycles. The molecule has 2 aromatic rings. The molecule has 2 aliphatic rings. The van der Waals surface area contributed by atoms with Crippen LogP contribution in [-0.2, 0) is 10.0 Å².